The molecule has 0 fully saturated rings. The van der Waals surface area contributed by atoms with Gasteiger partial charge in [-0.1, -0.05) is 12.1 Å². The van der Waals surface area contributed by atoms with E-state index in [0.29, 0.717) is 18.2 Å². The Hall–Kier alpha value is -2.36. The van der Waals surface area contributed by atoms with Gasteiger partial charge in [0.1, 0.15) is 17.4 Å². The Bertz CT molecular complexity index is 688. The summed E-state index contributed by atoms with van der Waals surface area (Å²) in [6.45, 7) is 2.35. The van der Waals surface area contributed by atoms with Gasteiger partial charge < -0.3 is 9.72 Å². The Morgan fingerprint density at radius 1 is 1.21 bits per heavy atom. The molecule has 0 saturated heterocycles. The summed E-state index contributed by atoms with van der Waals surface area (Å²) in [6, 6.07) is 12.2. The Kier molecular flexibility index (Phi) is 2.91. The van der Waals surface area contributed by atoms with E-state index in [1.54, 1.807) is 6.07 Å². The largest absolute Gasteiger partial charge is 0.493 e. The fourth-order valence-electron chi connectivity index (χ4n) is 2.05. The number of imidazole rings is 1. The molecule has 0 bridgehead atoms. The predicted molar refractivity (Wildman–Crippen MR) is 72.7 cm³/mol. The first-order valence-corrected chi connectivity index (χ1v) is 6.15. The number of hydrogen-bond acceptors (Lipinski definition) is 2. The summed E-state index contributed by atoms with van der Waals surface area (Å²) in [5.74, 6) is 0.870. The molecule has 0 atom stereocenters. The summed E-state index contributed by atoms with van der Waals surface area (Å²) < 4.78 is 18.7. The summed E-state index contributed by atoms with van der Waals surface area (Å²) in [6.07, 6.45) is 0. The van der Waals surface area contributed by atoms with Crippen LogP contribution in [-0.2, 0) is 0 Å². The molecule has 0 radical (unpaired) electrons. The lowest BCUT2D eigenvalue weighted by molar-refractivity contribution is 0.339. The highest BCUT2D eigenvalue weighted by Crippen LogP contribution is 2.30. The molecule has 96 valence electrons. The zero-order valence-corrected chi connectivity index (χ0v) is 10.5. The van der Waals surface area contributed by atoms with Crippen molar-refractivity contribution in [2.45, 2.75) is 6.92 Å². The average molecular weight is 256 g/mol. The van der Waals surface area contributed by atoms with Gasteiger partial charge in [0.2, 0.25) is 0 Å². The van der Waals surface area contributed by atoms with E-state index < -0.39 is 0 Å². The molecule has 3 aromatic rings. The molecule has 0 aliphatic rings. The first-order chi connectivity index (χ1) is 9.28. The molecule has 1 N–H and O–H groups in total. The number of H-pyrrole nitrogens is 1. The summed E-state index contributed by atoms with van der Waals surface area (Å²) in [7, 11) is 0. The van der Waals surface area contributed by atoms with E-state index in [0.717, 1.165) is 16.6 Å². The van der Waals surface area contributed by atoms with E-state index in [-0.39, 0.29) is 5.82 Å². The van der Waals surface area contributed by atoms with Gasteiger partial charge in [0.25, 0.3) is 0 Å². The van der Waals surface area contributed by atoms with Crippen LogP contribution in [0.15, 0.2) is 42.5 Å². The van der Waals surface area contributed by atoms with Gasteiger partial charge in [0.15, 0.2) is 0 Å². The number of nitrogens with one attached hydrogen (secondary N) is 1. The highest BCUT2D eigenvalue weighted by Gasteiger charge is 2.11. The Labute approximate surface area is 110 Å². The molecule has 3 nitrogen and oxygen atoms in total. The first-order valence-electron chi connectivity index (χ1n) is 6.15. The minimum Gasteiger partial charge on any atom is -0.493 e. The highest BCUT2D eigenvalue weighted by molar-refractivity contribution is 5.80. The smallest absolute Gasteiger partial charge is 0.142 e. The van der Waals surface area contributed by atoms with Crippen molar-refractivity contribution in [3.63, 3.8) is 0 Å². The number of ether oxygens (including phenoxy) is 1. The topological polar surface area (TPSA) is 37.9 Å². The summed E-state index contributed by atoms with van der Waals surface area (Å²) in [4.78, 5) is 7.71. The normalized spacial score (nSPS) is 10.8. The summed E-state index contributed by atoms with van der Waals surface area (Å²) in [5.41, 5.74) is 2.59. The van der Waals surface area contributed by atoms with Gasteiger partial charge in [0, 0.05) is 6.07 Å². The lowest BCUT2D eigenvalue weighted by atomic mass is 10.2. The van der Waals surface area contributed by atoms with Crippen LogP contribution in [0.4, 0.5) is 4.39 Å². The average Bonchev–Trinajstić information content (AvgIpc) is 2.82. The first kappa shape index (κ1) is 11.7. The van der Waals surface area contributed by atoms with Crippen molar-refractivity contribution < 1.29 is 9.13 Å². The van der Waals surface area contributed by atoms with Crippen molar-refractivity contribution in [2.24, 2.45) is 0 Å². The number of nitrogens with zero attached hydrogens (tertiary/aromatic N) is 1. The molecule has 0 amide bonds. The molecule has 1 heterocycles. The van der Waals surface area contributed by atoms with Crippen LogP contribution in [0.25, 0.3) is 22.4 Å². The molecule has 0 aliphatic heterocycles. The lowest BCUT2D eigenvalue weighted by Gasteiger charge is -2.07. The molecule has 4 heteroatoms. The molecule has 0 aliphatic carbocycles. The minimum atomic E-state index is -0.316. The number of halogens is 1. The maximum atomic E-state index is 13.3. The molecule has 19 heavy (non-hydrogen) atoms. The zero-order chi connectivity index (χ0) is 13.2. The van der Waals surface area contributed by atoms with E-state index in [1.165, 1.54) is 12.1 Å². The second-order valence-corrected chi connectivity index (χ2v) is 4.18. The van der Waals surface area contributed by atoms with Gasteiger partial charge in [0.05, 0.1) is 23.2 Å². The molecule has 0 spiro atoms. The highest BCUT2D eigenvalue weighted by atomic mass is 19.1. The maximum absolute atomic E-state index is 13.3. The summed E-state index contributed by atoms with van der Waals surface area (Å²) >= 11 is 0. The van der Waals surface area contributed by atoms with Crippen LogP contribution in [0, 0.1) is 5.82 Å². The second-order valence-electron chi connectivity index (χ2n) is 4.18. The monoisotopic (exact) mass is 256 g/mol. The number of para-hydroxylation sites is 2. The fraction of sp³-hybridized carbons (Fsp3) is 0.133. The van der Waals surface area contributed by atoms with Gasteiger partial charge in [-0.2, -0.15) is 0 Å². The van der Waals surface area contributed by atoms with E-state index in [4.69, 9.17) is 4.74 Å². The number of rotatable bonds is 3. The number of aromatic amines is 1. The molecular formula is C15H13FN2O. The Morgan fingerprint density at radius 3 is 2.84 bits per heavy atom. The SMILES string of the molecule is CCOc1cc(F)ccc1-c1nc2ccccc2[nH]1. The number of hydrogen-bond donors (Lipinski definition) is 1. The third-order valence-corrected chi connectivity index (χ3v) is 2.89. The van der Waals surface area contributed by atoms with E-state index >= 15 is 0 Å². The molecule has 0 saturated carbocycles. The number of aromatic nitrogens is 2. The standard InChI is InChI=1S/C15H13FN2O/c1-2-19-14-9-10(16)7-8-11(14)15-17-12-5-3-4-6-13(12)18-15/h3-9H,2H2,1H3,(H,17,18). The molecular weight excluding hydrogens is 243 g/mol. The van der Waals surface area contributed by atoms with Crippen molar-refractivity contribution >= 4 is 11.0 Å². The molecule has 0 unspecified atom stereocenters. The van der Waals surface area contributed by atoms with Crippen LogP contribution >= 0.6 is 0 Å². The Morgan fingerprint density at radius 2 is 2.05 bits per heavy atom. The quantitative estimate of drug-likeness (QED) is 0.774. The van der Waals surface area contributed by atoms with Crippen molar-refractivity contribution in [2.75, 3.05) is 6.61 Å². The summed E-state index contributed by atoms with van der Waals surface area (Å²) in [5, 5.41) is 0. The van der Waals surface area contributed by atoms with Crippen LogP contribution in [0.3, 0.4) is 0 Å². The zero-order valence-electron chi connectivity index (χ0n) is 10.5. The van der Waals surface area contributed by atoms with Gasteiger partial charge in [-0.15, -0.1) is 0 Å². The number of benzene rings is 2. The van der Waals surface area contributed by atoms with E-state index in [1.807, 2.05) is 31.2 Å². The van der Waals surface area contributed by atoms with E-state index in [9.17, 15) is 4.39 Å². The second kappa shape index (κ2) is 4.72. The predicted octanol–water partition coefficient (Wildman–Crippen LogP) is 3.77. The van der Waals surface area contributed by atoms with Crippen LogP contribution in [0.2, 0.25) is 0 Å². The van der Waals surface area contributed by atoms with Crippen LogP contribution in [-0.4, -0.2) is 16.6 Å². The lowest BCUT2D eigenvalue weighted by Crippen LogP contribution is -1.95. The third-order valence-electron chi connectivity index (χ3n) is 2.89. The van der Waals surface area contributed by atoms with Gasteiger partial charge in [-0.05, 0) is 31.2 Å². The van der Waals surface area contributed by atoms with Crippen LogP contribution < -0.4 is 4.74 Å². The van der Waals surface area contributed by atoms with Gasteiger partial charge >= 0.3 is 0 Å². The molecule has 3 rings (SSSR count). The van der Waals surface area contributed by atoms with Crippen molar-refractivity contribution in [3.8, 4) is 17.1 Å². The van der Waals surface area contributed by atoms with E-state index in [2.05, 4.69) is 9.97 Å². The molecule has 1 aromatic heterocycles. The maximum Gasteiger partial charge on any atom is 0.142 e. The van der Waals surface area contributed by atoms with Gasteiger partial charge in [-0.25, -0.2) is 9.37 Å². The van der Waals surface area contributed by atoms with Crippen molar-refractivity contribution in [1.29, 1.82) is 0 Å². The van der Waals surface area contributed by atoms with Crippen molar-refractivity contribution in [3.05, 3.63) is 48.3 Å². The minimum absolute atomic E-state index is 0.316. The van der Waals surface area contributed by atoms with Gasteiger partial charge in [-0.3, -0.25) is 0 Å². The molecule has 2 aromatic carbocycles. The van der Waals surface area contributed by atoms with Crippen LogP contribution in [0.1, 0.15) is 6.92 Å². The fourth-order valence-corrected chi connectivity index (χ4v) is 2.05. The van der Waals surface area contributed by atoms with Crippen molar-refractivity contribution in [1.82, 2.24) is 9.97 Å². The third kappa shape index (κ3) is 2.17. The number of fused-ring (bicyclic) bond motifs is 1. The van der Waals surface area contributed by atoms with Crippen LogP contribution in [0.5, 0.6) is 5.75 Å². The Balaban J connectivity index is 2.14.